The lowest BCUT2D eigenvalue weighted by Crippen LogP contribution is -2.06. The summed E-state index contributed by atoms with van der Waals surface area (Å²) < 4.78 is 23.2. The highest BCUT2D eigenvalue weighted by molar-refractivity contribution is 7.90. The summed E-state index contributed by atoms with van der Waals surface area (Å²) in [5.41, 5.74) is 2.78. The molecule has 23 heavy (non-hydrogen) atoms. The first-order valence-electron chi connectivity index (χ1n) is 7.31. The lowest BCUT2D eigenvalue weighted by molar-refractivity contribution is -0.136. The van der Waals surface area contributed by atoms with Crippen molar-refractivity contribution in [2.24, 2.45) is 0 Å². The number of carboxylic acids is 1. The fourth-order valence-electron chi connectivity index (χ4n) is 2.09. The van der Waals surface area contributed by atoms with Crippen LogP contribution in [0, 0.1) is 0 Å². The lowest BCUT2D eigenvalue weighted by Gasteiger charge is -2.02. The van der Waals surface area contributed by atoms with Crippen molar-refractivity contribution in [1.29, 1.82) is 0 Å². The molecule has 2 aromatic rings. The molecule has 0 aliphatic carbocycles. The number of carbonyl (C=O) groups is 1. The molecule has 124 valence electrons. The van der Waals surface area contributed by atoms with Crippen LogP contribution in [0.25, 0.3) is 0 Å². The van der Waals surface area contributed by atoms with E-state index in [9.17, 15) is 13.2 Å². The van der Waals surface area contributed by atoms with Crippen molar-refractivity contribution in [3.8, 4) is 0 Å². The van der Waals surface area contributed by atoms with Crippen molar-refractivity contribution in [3.63, 3.8) is 0 Å². The number of rotatable bonds is 8. The first-order valence-corrected chi connectivity index (χ1v) is 10.0. The van der Waals surface area contributed by atoms with Crippen LogP contribution in [0.5, 0.6) is 0 Å². The monoisotopic (exact) mass is 353 g/mol. The molecule has 1 aromatic heterocycles. The Morgan fingerprint density at radius 1 is 1.17 bits per heavy atom. The Balaban J connectivity index is 1.91. The van der Waals surface area contributed by atoms with Gasteiger partial charge in [-0.1, -0.05) is 31.2 Å². The second kappa shape index (κ2) is 7.70. The van der Waals surface area contributed by atoms with Gasteiger partial charge < -0.3 is 5.11 Å². The van der Waals surface area contributed by atoms with Gasteiger partial charge in [0.2, 0.25) is 0 Å². The van der Waals surface area contributed by atoms with E-state index in [1.807, 2.05) is 29.6 Å². The molecule has 1 aromatic carbocycles. The van der Waals surface area contributed by atoms with Crippen LogP contribution >= 0.6 is 11.3 Å². The van der Waals surface area contributed by atoms with Gasteiger partial charge in [-0.25, -0.2) is 13.4 Å². The molecule has 0 bridgehead atoms. The molecular weight excluding hydrogens is 334 g/mol. The molecule has 0 radical (unpaired) electrons. The fourth-order valence-corrected chi connectivity index (χ4v) is 4.16. The average molecular weight is 353 g/mol. The smallest absolute Gasteiger partial charge is 0.307 e. The predicted octanol–water partition coefficient (Wildman–Crippen LogP) is 2.49. The van der Waals surface area contributed by atoms with Crippen LogP contribution in [0.4, 0.5) is 0 Å². The van der Waals surface area contributed by atoms with Gasteiger partial charge in [0, 0.05) is 11.1 Å². The number of thiazole rings is 1. The number of nitrogens with zero attached hydrogens (tertiary/aromatic N) is 1. The van der Waals surface area contributed by atoms with Gasteiger partial charge in [0.25, 0.3) is 0 Å². The third-order valence-corrected chi connectivity index (χ3v) is 6.10. The number of hydrogen-bond donors (Lipinski definition) is 1. The molecule has 0 saturated heterocycles. The van der Waals surface area contributed by atoms with Crippen LogP contribution < -0.4 is 0 Å². The first kappa shape index (κ1) is 17.6. The van der Waals surface area contributed by atoms with Crippen molar-refractivity contribution < 1.29 is 18.3 Å². The lowest BCUT2D eigenvalue weighted by atomic mass is 10.1. The van der Waals surface area contributed by atoms with Crippen molar-refractivity contribution in [2.75, 3.05) is 5.75 Å². The number of aryl methyl sites for hydroxylation is 2. The minimum Gasteiger partial charge on any atom is -0.481 e. The van der Waals surface area contributed by atoms with Crippen molar-refractivity contribution in [1.82, 2.24) is 4.98 Å². The zero-order valence-corrected chi connectivity index (χ0v) is 14.5. The molecule has 7 heteroatoms. The molecule has 1 heterocycles. The van der Waals surface area contributed by atoms with Gasteiger partial charge in [-0.05, 0) is 24.0 Å². The Morgan fingerprint density at radius 3 is 2.43 bits per heavy atom. The van der Waals surface area contributed by atoms with E-state index in [1.54, 1.807) is 6.92 Å². The van der Waals surface area contributed by atoms with Crippen molar-refractivity contribution >= 4 is 27.1 Å². The topological polar surface area (TPSA) is 84.3 Å². The number of benzene rings is 1. The van der Waals surface area contributed by atoms with E-state index < -0.39 is 15.8 Å². The molecule has 0 spiro atoms. The molecule has 1 N–H and O–H groups in total. The molecule has 2 rings (SSSR count). The van der Waals surface area contributed by atoms with Crippen LogP contribution in [-0.4, -0.2) is 30.2 Å². The van der Waals surface area contributed by atoms with Crippen LogP contribution in [0.3, 0.4) is 0 Å². The number of hydrogen-bond acceptors (Lipinski definition) is 5. The highest BCUT2D eigenvalue weighted by Crippen LogP contribution is 2.16. The Hall–Kier alpha value is -1.73. The summed E-state index contributed by atoms with van der Waals surface area (Å²) in [7, 11) is -3.04. The fraction of sp³-hybridized carbons (Fsp3) is 0.375. The predicted molar refractivity (Wildman–Crippen MR) is 90.5 cm³/mol. The van der Waals surface area contributed by atoms with E-state index in [0.29, 0.717) is 5.01 Å². The zero-order valence-electron chi connectivity index (χ0n) is 12.9. The highest BCUT2D eigenvalue weighted by atomic mass is 32.2. The molecule has 0 amide bonds. The SMILES string of the molecule is CCS(=O)(=O)Cc1nc(CCc2ccc(CC(=O)O)cc2)cs1. The van der Waals surface area contributed by atoms with Crippen LogP contribution in [0.1, 0.15) is 28.8 Å². The molecule has 5 nitrogen and oxygen atoms in total. The maximum Gasteiger partial charge on any atom is 0.307 e. The Bertz CT molecular complexity index is 764. The third kappa shape index (κ3) is 5.76. The van der Waals surface area contributed by atoms with E-state index in [4.69, 9.17) is 5.11 Å². The van der Waals surface area contributed by atoms with Gasteiger partial charge in [0.15, 0.2) is 9.84 Å². The minimum atomic E-state index is -3.04. The summed E-state index contributed by atoms with van der Waals surface area (Å²) in [6.45, 7) is 1.64. The number of aromatic nitrogens is 1. The zero-order chi connectivity index (χ0) is 16.9. The Labute approximate surface area is 139 Å². The Kier molecular flexibility index (Phi) is 5.90. The summed E-state index contributed by atoms with van der Waals surface area (Å²) in [5, 5.41) is 11.3. The number of aliphatic carboxylic acids is 1. The maximum atomic E-state index is 11.6. The summed E-state index contributed by atoms with van der Waals surface area (Å²) >= 11 is 1.38. The highest BCUT2D eigenvalue weighted by Gasteiger charge is 2.12. The summed E-state index contributed by atoms with van der Waals surface area (Å²) in [6, 6.07) is 7.49. The summed E-state index contributed by atoms with van der Waals surface area (Å²) in [4.78, 5) is 15.0. The largest absolute Gasteiger partial charge is 0.481 e. The van der Waals surface area contributed by atoms with E-state index >= 15 is 0 Å². The van der Waals surface area contributed by atoms with Crippen LogP contribution in [0.2, 0.25) is 0 Å². The van der Waals surface area contributed by atoms with Crippen LogP contribution in [0.15, 0.2) is 29.6 Å². The van der Waals surface area contributed by atoms with Crippen LogP contribution in [-0.2, 0) is 39.6 Å². The first-order chi connectivity index (χ1) is 10.9. The van der Waals surface area contributed by atoms with E-state index in [0.717, 1.165) is 29.7 Å². The molecule has 0 saturated carbocycles. The molecule has 0 atom stereocenters. The number of carboxylic acid groups (broad SMARTS) is 1. The maximum absolute atomic E-state index is 11.6. The summed E-state index contributed by atoms with van der Waals surface area (Å²) in [5.74, 6) is -0.697. The third-order valence-electron chi connectivity index (χ3n) is 3.43. The molecule has 0 fully saturated rings. The molecule has 0 aliphatic heterocycles. The normalized spacial score (nSPS) is 11.5. The van der Waals surface area contributed by atoms with E-state index in [1.165, 1.54) is 11.3 Å². The molecular formula is C16H19NO4S2. The summed E-state index contributed by atoms with van der Waals surface area (Å²) in [6.07, 6.45) is 1.56. The molecule has 0 unspecified atom stereocenters. The standard InChI is InChI=1S/C16H19NO4S2/c1-2-23(20,21)11-15-17-14(10-22-15)8-7-12-3-5-13(6-4-12)9-16(18)19/h3-6,10H,2,7-9,11H2,1H3,(H,18,19). The van der Waals surface area contributed by atoms with Gasteiger partial charge >= 0.3 is 5.97 Å². The van der Waals surface area contributed by atoms with Crippen molar-refractivity contribution in [3.05, 3.63) is 51.5 Å². The molecule has 0 aliphatic rings. The average Bonchev–Trinajstić information content (AvgIpc) is 2.93. The van der Waals surface area contributed by atoms with Crippen molar-refractivity contribution in [2.45, 2.75) is 31.9 Å². The van der Waals surface area contributed by atoms with Gasteiger partial charge in [-0.2, -0.15) is 0 Å². The quantitative estimate of drug-likeness (QED) is 0.788. The Morgan fingerprint density at radius 2 is 1.83 bits per heavy atom. The van der Waals surface area contributed by atoms with E-state index in [-0.39, 0.29) is 17.9 Å². The number of sulfone groups is 1. The minimum absolute atomic E-state index is 0.0120. The van der Waals surface area contributed by atoms with Gasteiger partial charge in [-0.3, -0.25) is 4.79 Å². The second-order valence-corrected chi connectivity index (χ2v) is 8.59. The van der Waals surface area contributed by atoms with Gasteiger partial charge in [-0.15, -0.1) is 11.3 Å². The van der Waals surface area contributed by atoms with Gasteiger partial charge in [0.05, 0.1) is 12.1 Å². The van der Waals surface area contributed by atoms with E-state index in [2.05, 4.69) is 4.98 Å². The second-order valence-electron chi connectivity index (χ2n) is 5.30. The van der Waals surface area contributed by atoms with Gasteiger partial charge in [0.1, 0.15) is 10.8 Å².